The lowest BCUT2D eigenvalue weighted by atomic mass is 10.1. The maximum absolute atomic E-state index is 5.71. The monoisotopic (exact) mass is 387 g/mol. The van der Waals surface area contributed by atoms with Crippen LogP contribution in [0.1, 0.15) is 37.3 Å². The largest absolute Gasteiger partial charge is 0.270 e. The van der Waals surface area contributed by atoms with E-state index in [-0.39, 0.29) is 12.1 Å². The number of aromatic nitrogens is 3. The molecule has 1 atom stereocenters. The van der Waals surface area contributed by atoms with E-state index in [2.05, 4.69) is 61.2 Å². The van der Waals surface area contributed by atoms with Crippen LogP contribution in [0.15, 0.2) is 33.5 Å². The highest BCUT2D eigenvalue weighted by molar-refractivity contribution is 9.11. The number of nitrogens with two attached hydrogens (primary N) is 1. The lowest BCUT2D eigenvalue weighted by molar-refractivity contribution is 0.472. The Morgan fingerprint density at radius 1 is 1.37 bits per heavy atom. The molecule has 2 rings (SSSR count). The Balaban J connectivity index is 2.47. The highest BCUT2D eigenvalue weighted by atomic mass is 79.9. The second-order valence-corrected chi connectivity index (χ2v) is 6.18. The fourth-order valence-corrected chi connectivity index (χ4v) is 3.14. The maximum Gasteiger partial charge on any atom is 0.106 e. The van der Waals surface area contributed by atoms with E-state index in [4.69, 9.17) is 5.84 Å². The number of rotatable bonds is 4. The highest BCUT2D eigenvalue weighted by Gasteiger charge is 2.21. The van der Waals surface area contributed by atoms with E-state index in [1.165, 1.54) is 0 Å². The van der Waals surface area contributed by atoms with E-state index in [1.54, 1.807) is 12.4 Å². The summed E-state index contributed by atoms with van der Waals surface area (Å²) in [4.78, 5) is 4.43. The molecule has 0 aliphatic carbocycles. The van der Waals surface area contributed by atoms with Crippen LogP contribution in [0.5, 0.6) is 0 Å². The second-order valence-electron chi connectivity index (χ2n) is 4.41. The maximum atomic E-state index is 5.71. The lowest BCUT2D eigenvalue weighted by Crippen LogP contribution is -2.32. The summed E-state index contributed by atoms with van der Waals surface area (Å²) < 4.78 is 3.73. The van der Waals surface area contributed by atoms with Crippen LogP contribution >= 0.6 is 31.9 Å². The Bertz CT molecular complexity index is 567. The Labute approximate surface area is 128 Å². The zero-order valence-electron chi connectivity index (χ0n) is 10.6. The molecule has 0 aromatic carbocycles. The van der Waals surface area contributed by atoms with Crippen LogP contribution in [-0.4, -0.2) is 14.8 Å². The van der Waals surface area contributed by atoms with Gasteiger partial charge in [0.15, 0.2) is 0 Å². The van der Waals surface area contributed by atoms with Gasteiger partial charge < -0.3 is 0 Å². The number of hydrazine groups is 1. The minimum absolute atomic E-state index is 0.215. The van der Waals surface area contributed by atoms with Crippen molar-refractivity contribution < 1.29 is 0 Å². The fraction of sp³-hybridized carbons (Fsp3) is 0.333. The van der Waals surface area contributed by atoms with Crippen LogP contribution in [0.3, 0.4) is 0 Å². The van der Waals surface area contributed by atoms with Crippen LogP contribution in [0.2, 0.25) is 0 Å². The molecule has 102 valence electrons. The van der Waals surface area contributed by atoms with Gasteiger partial charge >= 0.3 is 0 Å². The van der Waals surface area contributed by atoms with Gasteiger partial charge in [0.25, 0.3) is 0 Å². The van der Waals surface area contributed by atoms with E-state index in [0.29, 0.717) is 0 Å². The molecule has 5 nitrogen and oxygen atoms in total. The Morgan fingerprint density at radius 3 is 2.68 bits per heavy atom. The third-order valence-electron chi connectivity index (χ3n) is 2.76. The first-order chi connectivity index (χ1) is 9.04. The van der Waals surface area contributed by atoms with Gasteiger partial charge in [0.2, 0.25) is 0 Å². The smallest absolute Gasteiger partial charge is 0.106 e. The summed E-state index contributed by atoms with van der Waals surface area (Å²) in [6, 6.07) is 3.94. The minimum atomic E-state index is -0.215. The fourth-order valence-electron chi connectivity index (χ4n) is 1.93. The molecule has 3 N–H and O–H groups in total. The standard InChI is InChI=1S/C12H15Br2N5/c1-7(2)19-10(3-4-17-19)12(18-15)11-9(14)5-8(13)6-16-11/h3-7,12,18H,15H2,1-2H3. The number of pyridine rings is 1. The molecule has 7 heteroatoms. The number of hydrogen-bond donors (Lipinski definition) is 2. The van der Waals surface area contributed by atoms with Crippen LogP contribution in [0.4, 0.5) is 0 Å². The zero-order chi connectivity index (χ0) is 14.0. The van der Waals surface area contributed by atoms with E-state index >= 15 is 0 Å². The summed E-state index contributed by atoms with van der Waals surface area (Å²) in [7, 11) is 0. The first-order valence-electron chi connectivity index (χ1n) is 5.85. The normalized spacial score (nSPS) is 12.9. The average Bonchev–Trinajstić information content (AvgIpc) is 2.82. The molecule has 2 aromatic heterocycles. The second kappa shape index (κ2) is 6.13. The van der Waals surface area contributed by atoms with Crippen molar-refractivity contribution in [3.8, 4) is 0 Å². The Kier molecular flexibility index (Phi) is 4.72. The van der Waals surface area contributed by atoms with Gasteiger partial charge in [-0.15, -0.1) is 0 Å². The molecule has 19 heavy (non-hydrogen) atoms. The van der Waals surface area contributed by atoms with Crippen molar-refractivity contribution in [1.82, 2.24) is 20.2 Å². The molecule has 0 aliphatic rings. The van der Waals surface area contributed by atoms with Gasteiger partial charge in [-0.1, -0.05) is 0 Å². The third-order valence-corrected chi connectivity index (χ3v) is 3.83. The van der Waals surface area contributed by atoms with Crippen molar-refractivity contribution in [3.63, 3.8) is 0 Å². The molecule has 2 heterocycles. The van der Waals surface area contributed by atoms with Crippen molar-refractivity contribution in [1.29, 1.82) is 0 Å². The molecule has 0 saturated carbocycles. The molecule has 0 amide bonds. The lowest BCUT2D eigenvalue weighted by Gasteiger charge is -2.20. The van der Waals surface area contributed by atoms with Crippen LogP contribution in [0, 0.1) is 0 Å². The van der Waals surface area contributed by atoms with Gasteiger partial charge in [-0.2, -0.15) is 5.10 Å². The molecule has 0 bridgehead atoms. The zero-order valence-corrected chi connectivity index (χ0v) is 13.8. The van der Waals surface area contributed by atoms with Crippen LogP contribution in [0.25, 0.3) is 0 Å². The molecule has 0 radical (unpaired) electrons. The van der Waals surface area contributed by atoms with E-state index in [9.17, 15) is 0 Å². The van der Waals surface area contributed by atoms with Crippen molar-refractivity contribution >= 4 is 31.9 Å². The van der Waals surface area contributed by atoms with Crippen molar-refractivity contribution in [2.45, 2.75) is 25.9 Å². The van der Waals surface area contributed by atoms with Gasteiger partial charge in [0.1, 0.15) is 6.04 Å². The topological polar surface area (TPSA) is 68.8 Å². The molecule has 2 aromatic rings. The summed E-state index contributed by atoms with van der Waals surface area (Å²) in [5, 5.41) is 4.33. The Morgan fingerprint density at radius 2 is 2.11 bits per heavy atom. The predicted octanol–water partition coefficient (Wildman–Crippen LogP) is 2.94. The minimum Gasteiger partial charge on any atom is -0.270 e. The number of nitrogens with one attached hydrogen (secondary N) is 1. The highest BCUT2D eigenvalue weighted by Crippen LogP contribution is 2.29. The summed E-state index contributed by atoms with van der Waals surface area (Å²) in [6.07, 6.45) is 3.52. The molecule has 0 spiro atoms. The van der Waals surface area contributed by atoms with Gasteiger partial charge in [-0.25, -0.2) is 5.43 Å². The SMILES string of the molecule is CC(C)n1nccc1C(NN)c1ncc(Br)cc1Br. The van der Waals surface area contributed by atoms with Gasteiger partial charge in [-0.3, -0.25) is 15.5 Å². The predicted molar refractivity (Wildman–Crippen MR) is 81.4 cm³/mol. The van der Waals surface area contributed by atoms with Crippen LogP contribution < -0.4 is 11.3 Å². The van der Waals surface area contributed by atoms with Gasteiger partial charge in [-0.05, 0) is 57.8 Å². The summed E-state index contributed by atoms with van der Waals surface area (Å²) >= 11 is 6.91. The van der Waals surface area contributed by atoms with Crippen molar-refractivity contribution in [3.05, 3.63) is 44.9 Å². The quantitative estimate of drug-likeness (QED) is 0.624. The van der Waals surface area contributed by atoms with Crippen LogP contribution in [-0.2, 0) is 0 Å². The van der Waals surface area contributed by atoms with E-state index in [1.807, 2.05) is 16.8 Å². The number of nitrogens with zero attached hydrogens (tertiary/aromatic N) is 3. The molecule has 0 aliphatic heterocycles. The molecular weight excluding hydrogens is 374 g/mol. The van der Waals surface area contributed by atoms with E-state index in [0.717, 1.165) is 20.3 Å². The van der Waals surface area contributed by atoms with Gasteiger partial charge in [0, 0.05) is 27.4 Å². The van der Waals surface area contributed by atoms with Gasteiger partial charge in [0.05, 0.1) is 11.4 Å². The molecular formula is C12H15Br2N5. The molecule has 0 saturated heterocycles. The van der Waals surface area contributed by atoms with Crippen molar-refractivity contribution in [2.24, 2.45) is 5.84 Å². The average molecular weight is 389 g/mol. The van der Waals surface area contributed by atoms with Crippen molar-refractivity contribution in [2.75, 3.05) is 0 Å². The first-order valence-corrected chi connectivity index (χ1v) is 7.43. The molecule has 0 fully saturated rings. The third kappa shape index (κ3) is 3.05. The Hall–Kier alpha value is -0.760. The van der Waals surface area contributed by atoms with E-state index < -0.39 is 0 Å². The molecule has 1 unspecified atom stereocenters. The number of hydrogen-bond acceptors (Lipinski definition) is 4. The summed E-state index contributed by atoms with van der Waals surface area (Å²) in [6.45, 7) is 4.16. The summed E-state index contributed by atoms with van der Waals surface area (Å²) in [5.41, 5.74) is 4.61. The first kappa shape index (κ1) is 14.6. The number of halogens is 2. The summed E-state index contributed by atoms with van der Waals surface area (Å²) in [5.74, 6) is 5.71.